The van der Waals surface area contributed by atoms with E-state index < -0.39 is 15.9 Å². The SMILES string of the molecule is Cc1ccc(CN(Cc2ccc(/C=N/NC(=O)c3c(C)nc4ccc(C)cn34)o2)S(=O)(=O)c2ccc(C)cc2)cc1. The molecule has 0 radical (unpaired) electrons. The molecule has 0 atom stereocenters. The van der Waals surface area contributed by atoms with E-state index in [-0.39, 0.29) is 18.0 Å². The molecule has 0 aliphatic heterocycles. The molecule has 41 heavy (non-hydrogen) atoms. The van der Waals surface area contributed by atoms with Crippen molar-refractivity contribution < 1.29 is 17.6 Å². The predicted molar refractivity (Wildman–Crippen MR) is 157 cm³/mol. The molecule has 3 heterocycles. The number of amides is 1. The van der Waals surface area contributed by atoms with Crippen molar-refractivity contribution in [2.24, 2.45) is 5.10 Å². The Hall–Kier alpha value is -4.54. The van der Waals surface area contributed by atoms with Crippen LogP contribution in [-0.2, 0) is 23.1 Å². The van der Waals surface area contributed by atoms with E-state index in [4.69, 9.17) is 4.42 Å². The third kappa shape index (κ3) is 6.29. The number of carbonyl (C=O) groups is 1. The molecule has 3 aromatic heterocycles. The Kier molecular flexibility index (Phi) is 7.87. The standard InChI is InChI=1S/C31H31N5O4S/c1-21-5-10-25(11-6-21)19-35(41(38,39)28-14-7-22(2)8-15-28)20-27-13-12-26(40-27)17-32-34-31(37)30-24(4)33-29-16-9-23(3)18-36(29)30/h5-18H,19-20H2,1-4H3,(H,34,37)/b32-17+. The summed E-state index contributed by atoms with van der Waals surface area (Å²) in [4.78, 5) is 17.5. The topological polar surface area (TPSA) is 109 Å². The molecule has 0 unspecified atom stereocenters. The van der Waals surface area contributed by atoms with Gasteiger partial charge >= 0.3 is 0 Å². The quantitative estimate of drug-likeness (QED) is 0.191. The molecule has 9 nitrogen and oxygen atoms in total. The molecule has 0 saturated heterocycles. The molecule has 5 aromatic rings. The zero-order chi connectivity index (χ0) is 29.1. The second-order valence-electron chi connectivity index (χ2n) is 10.1. The summed E-state index contributed by atoms with van der Waals surface area (Å²) in [6, 6.07) is 21.7. The van der Waals surface area contributed by atoms with Gasteiger partial charge in [0.05, 0.1) is 23.3 Å². The number of furan rings is 1. The Morgan fingerprint density at radius 1 is 0.902 bits per heavy atom. The molecule has 2 aromatic carbocycles. The fraction of sp³-hybridized carbons (Fsp3) is 0.194. The van der Waals surface area contributed by atoms with Gasteiger partial charge in [0.1, 0.15) is 22.9 Å². The second-order valence-corrected chi connectivity index (χ2v) is 12.0. The van der Waals surface area contributed by atoms with Gasteiger partial charge in [-0.05, 0) is 69.2 Å². The fourth-order valence-electron chi connectivity index (χ4n) is 4.45. The highest BCUT2D eigenvalue weighted by Gasteiger charge is 2.26. The van der Waals surface area contributed by atoms with Gasteiger partial charge in [0.15, 0.2) is 0 Å². The number of imidazole rings is 1. The molecule has 0 aliphatic carbocycles. The van der Waals surface area contributed by atoms with Crippen LogP contribution in [0, 0.1) is 27.7 Å². The van der Waals surface area contributed by atoms with Crippen molar-refractivity contribution in [3.8, 4) is 0 Å². The predicted octanol–water partition coefficient (Wildman–Crippen LogP) is 5.32. The highest BCUT2D eigenvalue weighted by molar-refractivity contribution is 7.89. The molecule has 0 saturated carbocycles. The lowest BCUT2D eigenvalue weighted by Gasteiger charge is -2.21. The number of nitrogens with zero attached hydrogens (tertiary/aromatic N) is 4. The monoisotopic (exact) mass is 569 g/mol. The van der Waals surface area contributed by atoms with Gasteiger partial charge < -0.3 is 4.42 Å². The highest BCUT2D eigenvalue weighted by atomic mass is 32.2. The van der Waals surface area contributed by atoms with Crippen LogP contribution >= 0.6 is 0 Å². The largest absolute Gasteiger partial charge is 0.459 e. The van der Waals surface area contributed by atoms with Gasteiger partial charge in [-0.25, -0.2) is 18.8 Å². The van der Waals surface area contributed by atoms with Crippen molar-refractivity contribution in [2.75, 3.05) is 0 Å². The lowest BCUT2D eigenvalue weighted by atomic mass is 10.1. The minimum atomic E-state index is -3.82. The molecule has 5 rings (SSSR count). The van der Waals surface area contributed by atoms with Gasteiger partial charge in [-0.15, -0.1) is 0 Å². The Morgan fingerprint density at radius 2 is 1.56 bits per heavy atom. The smallest absolute Gasteiger partial charge is 0.290 e. The van der Waals surface area contributed by atoms with Gasteiger partial charge in [-0.3, -0.25) is 9.20 Å². The summed E-state index contributed by atoms with van der Waals surface area (Å²) >= 11 is 0. The summed E-state index contributed by atoms with van der Waals surface area (Å²) in [5.41, 5.74) is 8.11. The van der Waals surface area contributed by atoms with E-state index >= 15 is 0 Å². The Balaban J connectivity index is 1.33. The van der Waals surface area contributed by atoms with Crippen molar-refractivity contribution in [3.63, 3.8) is 0 Å². The molecular weight excluding hydrogens is 538 g/mol. The van der Waals surface area contributed by atoms with Gasteiger partial charge in [0, 0.05) is 12.7 Å². The number of hydrazone groups is 1. The van der Waals surface area contributed by atoms with Gasteiger partial charge in [-0.1, -0.05) is 53.6 Å². The Morgan fingerprint density at radius 3 is 2.27 bits per heavy atom. The first-order chi connectivity index (χ1) is 19.6. The molecule has 0 bridgehead atoms. The van der Waals surface area contributed by atoms with E-state index in [1.165, 1.54) is 10.5 Å². The van der Waals surface area contributed by atoms with Crippen LogP contribution in [0.25, 0.3) is 5.65 Å². The Labute approximate surface area is 239 Å². The molecule has 0 spiro atoms. The van der Waals surface area contributed by atoms with Crippen LogP contribution in [0.2, 0.25) is 0 Å². The summed E-state index contributed by atoms with van der Waals surface area (Å²) in [6.07, 6.45) is 3.23. The van der Waals surface area contributed by atoms with Crippen molar-refractivity contribution in [3.05, 3.63) is 124 Å². The van der Waals surface area contributed by atoms with E-state index in [2.05, 4.69) is 15.5 Å². The molecule has 210 valence electrons. The van der Waals surface area contributed by atoms with Crippen molar-refractivity contribution >= 4 is 27.8 Å². The van der Waals surface area contributed by atoms with Crippen LogP contribution in [0.1, 0.15) is 50.0 Å². The van der Waals surface area contributed by atoms with E-state index in [9.17, 15) is 13.2 Å². The number of carbonyl (C=O) groups excluding carboxylic acids is 1. The molecular formula is C31H31N5O4S. The van der Waals surface area contributed by atoms with Crippen molar-refractivity contribution in [1.82, 2.24) is 19.1 Å². The first-order valence-electron chi connectivity index (χ1n) is 13.1. The maximum Gasteiger partial charge on any atom is 0.290 e. The minimum absolute atomic E-state index is 0.0185. The number of pyridine rings is 1. The van der Waals surface area contributed by atoms with Crippen molar-refractivity contribution in [1.29, 1.82) is 0 Å². The maximum atomic E-state index is 13.6. The van der Waals surface area contributed by atoms with E-state index in [1.54, 1.807) is 47.7 Å². The average molecular weight is 570 g/mol. The number of aryl methyl sites for hydroxylation is 4. The lowest BCUT2D eigenvalue weighted by molar-refractivity contribution is 0.0948. The average Bonchev–Trinajstić information content (AvgIpc) is 3.52. The normalized spacial score (nSPS) is 12.0. The van der Waals surface area contributed by atoms with E-state index in [0.717, 1.165) is 22.3 Å². The molecule has 0 aliphatic rings. The zero-order valence-electron chi connectivity index (χ0n) is 23.3. The van der Waals surface area contributed by atoms with E-state index in [1.807, 2.05) is 63.4 Å². The molecule has 10 heteroatoms. The highest BCUT2D eigenvalue weighted by Crippen LogP contribution is 2.23. The molecule has 1 amide bonds. The first-order valence-corrected chi connectivity index (χ1v) is 14.5. The van der Waals surface area contributed by atoms with Crippen molar-refractivity contribution in [2.45, 2.75) is 45.7 Å². The Bertz CT molecular complexity index is 1840. The summed E-state index contributed by atoms with van der Waals surface area (Å²) in [7, 11) is -3.82. The van der Waals surface area contributed by atoms with Crippen LogP contribution in [0.5, 0.6) is 0 Å². The number of nitrogens with one attached hydrogen (secondary N) is 1. The van der Waals surface area contributed by atoms with Crippen LogP contribution < -0.4 is 5.43 Å². The number of hydrogen-bond acceptors (Lipinski definition) is 6. The third-order valence-corrected chi connectivity index (χ3v) is 8.47. The first kappa shape index (κ1) is 28.0. The third-order valence-electron chi connectivity index (χ3n) is 6.67. The number of sulfonamides is 1. The summed E-state index contributed by atoms with van der Waals surface area (Å²) in [6.45, 7) is 7.80. The van der Waals surface area contributed by atoms with Crippen LogP contribution in [-0.4, -0.2) is 34.2 Å². The van der Waals surface area contributed by atoms with Crippen LogP contribution in [0.15, 0.2) is 93.4 Å². The lowest BCUT2D eigenvalue weighted by Crippen LogP contribution is -2.30. The second kappa shape index (κ2) is 11.5. The van der Waals surface area contributed by atoms with Gasteiger partial charge in [0.2, 0.25) is 10.0 Å². The number of aromatic nitrogens is 2. The number of rotatable bonds is 9. The van der Waals surface area contributed by atoms with Crippen LogP contribution in [0.3, 0.4) is 0 Å². The van der Waals surface area contributed by atoms with Gasteiger partial charge in [0.25, 0.3) is 5.91 Å². The summed E-state index contributed by atoms with van der Waals surface area (Å²) in [5.74, 6) is 0.403. The summed E-state index contributed by atoms with van der Waals surface area (Å²) in [5, 5.41) is 4.05. The molecule has 1 N–H and O–H groups in total. The summed E-state index contributed by atoms with van der Waals surface area (Å²) < 4.78 is 36.3. The number of benzene rings is 2. The zero-order valence-corrected chi connectivity index (χ0v) is 24.1. The van der Waals surface area contributed by atoms with E-state index in [0.29, 0.717) is 28.6 Å². The number of hydrogen-bond donors (Lipinski definition) is 1. The van der Waals surface area contributed by atoms with Gasteiger partial charge in [-0.2, -0.15) is 9.41 Å². The maximum absolute atomic E-state index is 13.6. The number of fused-ring (bicyclic) bond motifs is 1. The molecule has 0 fully saturated rings. The fourth-order valence-corrected chi connectivity index (χ4v) is 5.85. The van der Waals surface area contributed by atoms with Crippen LogP contribution in [0.4, 0.5) is 0 Å². The minimum Gasteiger partial charge on any atom is -0.459 e.